The fourth-order valence-electron chi connectivity index (χ4n) is 3.85. The van der Waals surface area contributed by atoms with Gasteiger partial charge in [-0.1, -0.05) is 13.8 Å². The summed E-state index contributed by atoms with van der Waals surface area (Å²) >= 11 is 0. The Morgan fingerprint density at radius 2 is 1.94 bits per heavy atom. The van der Waals surface area contributed by atoms with E-state index in [1.165, 1.54) is 58.0 Å². The van der Waals surface area contributed by atoms with Crippen molar-refractivity contribution in [2.45, 2.75) is 76.9 Å². The molecule has 2 nitrogen and oxygen atoms in total. The molecule has 2 atom stereocenters. The van der Waals surface area contributed by atoms with E-state index in [0.29, 0.717) is 5.41 Å². The molecule has 1 saturated heterocycles. The van der Waals surface area contributed by atoms with Gasteiger partial charge in [-0.3, -0.25) is 4.90 Å². The zero-order valence-electron chi connectivity index (χ0n) is 11.5. The van der Waals surface area contributed by atoms with Crippen molar-refractivity contribution in [2.24, 2.45) is 5.41 Å². The van der Waals surface area contributed by atoms with Crippen LogP contribution in [0.2, 0.25) is 0 Å². The van der Waals surface area contributed by atoms with Crippen LogP contribution in [-0.2, 0) is 0 Å². The summed E-state index contributed by atoms with van der Waals surface area (Å²) in [6.07, 6.45) is 10.0. The molecule has 2 aliphatic carbocycles. The van der Waals surface area contributed by atoms with Gasteiger partial charge in [-0.15, -0.1) is 0 Å². The van der Waals surface area contributed by atoms with Gasteiger partial charge < -0.3 is 5.32 Å². The minimum atomic E-state index is 0.598. The molecule has 1 aliphatic heterocycles. The highest BCUT2D eigenvalue weighted by atomic mass is 15.2. The van der Waals surface area contributed by atoms with E-state index in [2.05, 4.69) is 24.1 Å². The largest absolute Gasteiger partial charge is 0.313 e. The molecule has 3 aliphatic rings. The quantitative estimate of drug-likeness (QED) is 0.807. The topological polar surface area (TPSA) is 15.3 Å². The van der Waals surface area contributed by atoms with Gasteiger partial charge in [-0.2, -0.15) is 0 Å². The van der Waals surface area contributed by atoms with Gasteiger partial charge in [0.1, 0.15) is 0 Å². The van der Waals surface area contributed by atoms with Crippen LogP contribution in [0.25, 0.3) is 0 Å². The Kier molecular flexibility index (Phi) is 3.20. The molecule has 0 aromatic heterocycles. The van der Waals surface area contributed by atoms with Gasteiger partial charge in [0, 0.05) is 24.7 Å². The van der Waals surface area contributed by atoms with Crippen molar-refractivity contribution in [1.29, 1.82) is 0 Å². The number of hydrogen-bond acceptors (Lipinski definition) is 2. The van der Waals surface area contributed by atoms with E-state index in [9.17, 15) is 0 Å². The maximum atomic E-state index is 3.67. The summed E-state index contributed by atoms with van der Waals surface area (Å²) in [6, 6.07) is 2.62. The minimum absolute atomic E-state index is 0.598. The molecule has 98 valence electrons. The molecule has 0 spiro atoms. The van der Waals surface area contributed by atoms with Crippen molar-refractivity contribution < 1.29 is 0 Å². The maximum Gasteiger partial charge on any atom is 0.0195 e. The molecule has 0 aromatic carbocycles. The number of nitrogens with zero attached hydrogens (tertiary/aromatic N) is 1. The van der Waals surface area contributed by atoms with E-state index in [4.69, 9.17) is 0 Å². The zero-order valence-corrected chi connectivity index (χ0v) is 11.5. The lowest BCUT2D eigenvalue weighted by Gasteiger charge is -2.32. The molecule has 0 amide bonds. The molecule has 3 rings (SSSR count). The first-order valence-corrected chi connectivity index (χ1v) is 7.63. The summed E-state index contributed by atoms with van der Waals surface area (Å²) in [5, 5.41) is 3.67. The van der Waals surface area contributed by atoms with Crippen molar-refractivity contribution in [2.75, 3.05) is 13.1 Å². The average molecular weight is 236 g/mol. The van der Waals surface area contributed by atoms with Crippen LogP contribution < -0.4 is 5.32 Å². The van der Waals surface area contributed by atoms with Gasteiger partial charge in [0.25, 0.3) is 0 Å². The molecule has 1 heterocycles. The third-order valence-corrected chi connectivity index (χ3v) is 5.02. The molecule has 1 N–H and O–H groups in total. The summed E-state index contributed by atoms with van der Waals surface area (Å²) < 4.78 is 0. The van der Waals surface area contributed by atoms with Gasteiger partial charge in [0.15, 0.2) is 0 Å². The first-order chi connectivity index (χ1) is 8.14. The van der Waals surface area contributed by atoms with Crippen LogP contribution in [0.5, 0.6) is 0 Å². The normalized spacial score (nSPS) is 36.9. The van der Waals surface area contributed by atoms with Crippen LogP contribution >= 0.6 is 0 Å². The second kappa shape index (κ2) is 4.55. The van der Waals surface area contributed by atoms with Crippen molar-refractivity contribution in [1.82, 2.24) is 10.2 Å². The lowest BCUT2D eigenvalue weighted by atomic mass is 9.91. The predicted octanol–water partition coefficient (Wildman–Crippen LogP) is 2.78. The third kappa shape index (κ3) is 2.85. The van der Waals surface area contributed by atoms with Crippen LogP contribution in [0.15, 0.2) is 0 Å². The molecule has 0 bridgehead atoms. The van der Waals surface area contributed by atoms with Gasteiger partial charge in [-0.05, 0) is 56.9 Å². The summed E-state index contributed by atoms with van der Waals surface area (Å²) in [6.45, 7) is 7.47. The second-order valence-electron chi connectivity index (χ2n) is 7.28. The predicted molar refractivity (Wildman–Crippen MR) is 72.2 cm³/mol. The summed E-state index contributed by atoms with van der Waals surface area (Å²) in [5.41, 5.74) is 0.598. The molecule has 2 heteroatoms. The summed E-state index contributed by atoms with van der Waals surface area (Å²) in [4.78, 5) is 2.87. The van der Waals surface area contributed by atoms with E-state index in [0.717, 1.165) is 18.1 Å². The monoisotopic (exact) mass is 236 g/mol. The number of hydrogen-bond donors (Lipinski definition) is 1. The Bertz CT molecular complexity index is 264. The Labute approximate surface area is 106 Å². The fraction of sp³-hybridized carbons (Fsp3) is 1.00. The lowest BCUT2D eigenvalue weighted by molar-refractivity contribution is 0.162. The van der Waals surface area contributed by atoms with Crippen LogP contribution in [0.3, 0.4) is 0 Å². The molecule has 3 fully saturated rings. The zero-order chi connectivity index (χ0) is 11.9. The number of rotatable bonds is 4. The van der Waals surface area contributed by atoms with Crippen molar-refractivity contribution in [3.05, 3.63) is 0 Å². The molecular formula is C15H28N2. The Hall–Kier alpha value is -0.0800. The Morgan fingerprint density at radius 1 is 1.12 bits per heavy atom. The van der Waals surface area contributed by atoms with Gasteiger partial charge >= 0.3 is 0 Å². The second-order valence-corrected chi connectivity index (χ2v) is 7.28. The Morgan fingerprint density at radius 3 is 2.47 bits per heavy atom. The molecule has 2 unspecified atom stereocenters. The van der Waals surface area contributed by atoms with E-state index >= 15 is 0 Å². The highest BCUT2D eigenvalue weighted by Crippen LogP contribution is 2.42. The SMILES string of the molecule is CC1(C)CCC(N(CC2CCCN2)C2CC2)C1. The molecule has 17 heavy (non-hydrogen) atoms. The van der Waals surface area contributed by atoms with E-state index < -0.39 is 0 Å². The summed E-state index contributed by atoms with van der Waals surface area (Å²) in [7, 11) is 0. The molecular weight excluding hydrogens is 208 g/mol. The van der Waals surface area contributed by atoms with Crippen LogP contribution in [0.1, 0.15) is 58.8 Å². The van der Waals surface area contributed by atoms with Crippen LogP contribution in [0.4, 0.5) is 0 Å². The van der Waals surface area contributed by atoms with Crippen molar-refractivity contribution in [3.63, 3.8) is 0 Å². The maximum absolute atomic E-state index is 3.67. The first-order valence-electron chi connectivity index (χ1n) is 7.63. The minimum Gasteiger partial charge on any atom is -0.313 e. The average Bonchev–Trinajstić information content (AvgIpc) is 2.86. The fourth-order valence-corrected chi connectivity index (χ4v) is 3.85. The van der Waals surface area contributed by atoms with Gasteiger partial charge in [-0.25, -0.2) is 0 Å². The van der Waals surface area contributed by atoms with Crippen LogP contribution in [-0.4, -0.2) is 36.1 Å². The third-order valence-electron chi connectivity index (χ3n) is 5.02. The lowest BCUT2D eigenvalue weighted by Crippen LogP contribution is -2.44. The van der Waals surface area contributed by atoms with E-state index in [1.807, 2.05) is 0 Å². The van der Waals surface area contributed by atoms with E-state index in [-0.39, 0.29) is 0 Å². The van der Waals surface area contributed by atoms with Crippen molar-refractivity contribution >= 4 is 0 Å². The number of nitrogens with one attached hydrogen (secondary N) is 1. The molecule has 0 aromatic rings. The van der Waals surface area contributed by atoms with E-state index in [1.54, 1.807) is 0 Å². The van der Waals surface area contributed by atoms with Crippen LogP contribution in [0, 0.1) is 5.41 Å². The highest BCUT2D eigenvalue weighted by Gasteiger charge is 2.41. The standard InChI is InChI=1S/C15H28N2/c1-15(2)8-7-14(10-15)17(13-5-6-13)11-12-4-3-9-16-12/h12-14,16H,3-11H2,1-2H3. The molecule has 2 saturated carbocycles. The molecule has 0 radical (unpaired) electrons. The van der Waals surface area contributed by atoms with Gasteiger partial charge in [0.2, 0.25) is 0 Å². The Balaban J connectivity index is 1.60. The van der Waals surface area contributed by atoms with Gasteiger partial charge in [0.05, 0.1) is 0 Å². The first kappa shape index (κ1) is 12.0. The smallest absolute Gasteiger partial charge is 0.0195 e. The summed E-state index contributed by atoms with van der Waals surface area (Å²) in [5.74, 6) is 0. The highest BCUT2D eigenvalue weighted by molar-refractivity contribution is 4.96. The van der Waals surface area contributed by atoms with Crippen molar-refractivity contribution in [3.8, 4) is 0 Å².